The van der Waals surface area contributed by atoms with E-state index < -0.39 is 0 Å². The van der Waals surface area contributed by atoms with Crippen molar-refractivity contribution in [1.82, 2.24) is 14.5 Å². The second-order valence-corrected chi connectivity index (χ2v) is 11.3. The second kappa shape index (κ2) is 10.1. The molecular formula is C29H38ClN3O2. The van der Waals surface area contributed by atoms with Crippen LogP contribution in [0.25, 0.3) is 22.2 Å². The predicted octanol–water partition coefficient (Wildman–Crippen LogP) is 6.22. The molecule has 2 saturated heterocycles. The van der Waals surface area contributed by atoms with Gasteiger partial charge >= 0.3 is 0 Å². The number of aromatic nitrogens is 2. The number of benzene rings is 1. The number of rotatable bonds is 5. The fourth-order valence-electron chi connectivity index (χ4n) is 6.07. The van der Waals surface area contributed by atoms with Gasteiger partial charge in [-0.05, 0) is 92.3 Å². The van der Waals surface area contributed by atoms with Crippen molar-refractivity contribution in [3.05, 3.63) is 56.5 Å². The van der Waals surface area contributed by atoms with E-state index in [0.717, 1.165) is 41.5 Å². The van der Waals surface area contributed by atoms with Crippen molar-refractivity contribution in [3.63, 3.8) is 0 Å². The normalized spacial score (nSPS) is 18.7. The molecule has 1 N–H and O–H groups in total. The van der Waals surface area contributed by atoms with Crippen molar-refractivity contribution in [2.75, 3.05) is 32.8 Å². The molecule has 0 atom stereocenters. The lowest BCUT2D eigenvalue weighted by molar-refractivity contribution is 0.0488. The summed E-state index contributed by atoms with van der Waals surface area (Å²) in [6, 6.07) is 6.97. The average Bonchev–Trinajstić information content (AvgIpc) is 3.25. The highest BCUT2D eigenvalue weighted by Crippen LogP contribution is 2.39. The van der Waals surface area contributed by atoms with Gasteiger partial charge in [0, 0.05) is 49.5 Å². The first-order chi connectivity index (χ1) is 16.8. The number of nitrogens with one attached hydrogen (secondary N) is 1. The number of fused-ring (bicyclic) bond motifs is 1. The van der Waals surface area contributed by atoms with Crippen molar-refractivity contribution in [2.45, 2.75) is 58.3 Å². The van der Waals surface area contributed by atoms with Gasteiger partial charge in [-0.15, -0.1) is 0 Å². The number of halogens is 1. The molecule has 2 aromatic heterocycles. The monoisotopic (exact) mass is 495 g/mol. The van der Waals surface area contributed by atoms with E-state index in [-0.39, 0.29) is 5.56 Å². The van der Waals surface area contributed by atoms with Crippen LogP contribution in [-0.2, 0) is 11.8 Å². The van der Waals surface area contributed by atoms with Crippen LogP contribution in [0.1, 0.15) is 68.1 Å². The van der Waals surface area contributed by atoms with E-state index in [4.69, 9.17) is 16.3 Å². The van der Waals surface area contributed by atoms with Gasteiger partial charge in [0.2, 0.25) is 0 Å². The molecule has 0 unspecified atom stereocenters. The Labute approximate surface area is 213 Å². The standard InChI is InChI=1S/C29H38ClN3O2/c1-18(2)26-23-15-22(21-7-11-33(12-8-21)16-20-9-13-35-14-10-20)5-6-25(23)31-28(26)24-17-32(4)29(34)27(30)19(24)3/h5-6,15,17-18,20-21,31H,7-14,16H2,1-4H3. The third-order valence-corrected chi connectivity index (χ3v) is 8.63. The molecule has 3 aromatic rings. The number of aromatic amines is 1. The predicted molar refractivity (Wildman–Crippen MR) is 145 cm³/mol. The van der Waals surface area contributed by atoms with Crippen LogP contribution in [-0.4, -0.2) is 47.3 Å². The van der Waals surface area contributed by atoms with Crippen LogP contribution in [0.15, 0.2) is 29.2 Å². The Morgan fingerprint density at radius 1 is 1.14 bits per heavy atom. The summed E-state index contributed by atoms with van der Waals surface area (Å²) in [4.78, 5) is 18.7. The molecular weight excluding hydrogens is 458 g/mol. The van der Waals surface area contributed by atoms with Gasteiger partial charge in [0.1, 0.15) is 5.02 Å². The molecule has 6 heteroatoms. The molecule has 2 fully saturated rings. The number of nitrogens with zero attached hydrogens (tertiary/aromatic N) is 2. The molecule has 1 aromatic carbocycles. The number of piperidine rings is 1. The Morgan fingerprint density at radius 2 is 1.86 bits per heavy atom. The van der Waals surface area contributed by atoms with Crippen molar-refractivity contribution >= 4 is 22.5 Å². The molecule has 5 nitrogen and oxygen atoms in total. The molecule has 0 saturated carbocycles. The maximum absolute atomic E-state index is 12.3. The van der Waals surface area contributed by atoms with Crippen LogP contribution in [0, 0.1) is 12.8 Å². The van der Waals surface area contributed by atoms with Crippen LogP contribution < -0.4 is 5.56 Å². The number of ether oxygens (including phenoxy) is 1. The maximum atomic E-state index is 12.3. The Balaban J connectivity index is 1.42. The molecule has 0 radical (unpaired) electrons. The summed E-state index contributed by atoms with van der Waals surface area (Å²) in [6.07, 6.45) is 6.78. The van der Waals surface area contributed by atoms with Crippen LogP contribution in [0.5, 0.6) is 0 Å². The Morgan fingerprint density at radius 3 is 2.54 bits per heavy atom. The van der Waals surface area contributed by atoms with E-state index >= 15 is 0 Å². The zero-order valence-electron chi connectivity index (χ0n) is 21.5. The van der Waals surface area contributed by atoms with Gasteiger partial charge in [-0.2, -0.15) is 0 Å². The highest BCUT2D eigenvalue weighted by molar-refractivity contribution is 6.31. The van der Waals surface area contributed by atoms with Crippen molar-refractivity contribution in [1.29, 1.82) is 0 Å². The number of hydrogen-bond donors (Lipinski definition) is 1. The number of aryl methyl sites for hydroxylation is 1. The molecule has 2 aliphatic heterocycles. The van der Waals surface area contributed by atoms with Crippen molar-refractivity contribution < 1.29 is 4.74 Å². The van der Waals surface area contributed by atoms with E-state index in [2.05, 4.69) is 41.9 Å². The molecule has 0 aliphatic carbocycles. The zero-order chi connectivity index (χ0) is 24.7. The average molecular weight is 496 g/mol. The summed E-state index contributed by atoms with van der Waals surface area (Å²) >= 11 is 6.41. The van der Waals surface area contributed by atoms with Crippen molar-refractivity contribution in [2.24, 2.45) is 13.0 Å². The summed E-state index contributed by atoms with van der Waals surface area (Å²) in [5.74, 6) is 1.75. The van der Waals surface area contributed by atoms with Gasteiger partial charge < -0.3 is 19.2 Å². The number of H-pyrrole nitrogens is 1. The first-order valence-corrected chi connectivity index (χ1v) is 13.5. The minimum atomic E-state index is -0.152. The molecule has 5 rings (SSSR count). The van der Waals surface area contributed by atoms with Crippen LogP contribution in [0.3, 0.4) is 0 Å². The number of hydrogen-bond acceptors (Lipinski definition) is 3. The van der Waals surface area contributed by atoms with E-state index in [1.54, 1.807) is 11.6 Å². The van der Waals surface area contributed by atoms with Crippen LogP contribution >= 0.6 is 11.6 Å². The Kier molecular flexibility index (Phi) is 7.11. The largest absolute Gasteiger partial charge is 0.381 e. The quantitative estimate of drug-likeness (QED) is 0.456. The summed E-state index contributed by atoms with van der Waals surface area (Å²) in [6.45, 7) is 11.9. The summed E-state index contributed by atoms with van der Waals surface area (Å²) in [5.41, 5.74) is 6.66. The summed E-state index contributed by atoms with van der Waals surface area (Å²) in [5, 5.41) is 1.59. The zero-order valence-corrected chi connectivity index (χ0v) is 22.3. The van der Waals surface area contributed by atoms with E-state index in [0.29, 0.717) is 16.9 Å². The maximum Gasteiger partial charge on any atom is 0.269 e. The van der Waals surface area contributed by atoms with Gasteiger partial charge in [-0.1, -0.05) is 31.5 Å². The fraction of sp³-hybridized carbons (Fsp3) is 0.552. The van der Waals surface area contributed by atoms with Crippen LogP contribution in [0.4, 0.5) is 0 Å². The lowest BCUT2D eigenvalue weighted by atomic mass is 9.87. The third-order valence-electron chi connectivity index (χ3n) is 8.19. The molecule has 35 heavy (non-hydrogen) atoms. The van der Waals surface area contributed by atoms with E-state index in [1.165, 1.54) is 61.8 Å². The summed E-state index contributed by atoms with van der Waals surface area (Å²) in [7, 11) is 1.77. The molecule has 0 amide bonds. The first-order valence-electron chi connectivity index (χ1n) is 13.1. The highest BCUT2D eigenvalue weighted by atomic mass is 35.5. The van der Waals surface area contributed by atoms with Gasteiger partial charge in [-0.3, -0.25) is 4.79 Å². The minimum Gasteiger partial charge on any atom is -0.381 e. The van der Waals surface area contributed by atoms with E-state index in [1.807, 2.05) is 13.1 Å². The molecule has 0 spiro atoms. The van der Waals surface area contributed by atoms with Crippen LogP contribution in [0.2, 0.25) is 5.02 Å². The first kappa shape index (κ1) is 24.6. The molecule has 0 bridgehead atoms. The van der Waals surface area contributed by atoms with Gasteiger partial charge in [0.05, 0.1) is 5.69 Å². The Bertz CT molecular complexity index is 1260. The summed E-state index contributed by atoms with van der Waals surface area (Å²) < 4.78 is 7.12. The van der Waals surface area contributed by atoms with E-state index in [9.17, 15) is 4.79 Å². The molecule has 2 aliphatic rings. The highest BCUT2D eigenvalue weighted by Gasteiger charge is 2.25. The smallest absolute Gasteiger partial charge is 0.269 e. The SMILES string of the molecule is Cc1c(-c2[nH]c3ccc(C4CCN(CC5CCOCC5)CC4)cc3c2C(C)C)cn(C)c(=O)c1Cl. The number of likely N-dealkylation sites (tertiary alicyclic amines) is 1. The Hall–Kier alpha value is -2.08. The third kappa shape index (κ3) is 4.83. The van der Waals surface area contributed by atoms with Gasteiger partial charge in [0.15, 0.2) is 0 Å². The second-order valence-electron chi connectivity index (χ2n) is 10.9. The minimum absolute atomic E-state index is 0.152. The molecule has 4 heterocycles. The number of pyridine rings is 1. The fourth-order valence-corrected chi connectivity index (χ4v) is 6.31. The molecule has 188 valence electrons. The topological polar surface area (TPSA) is 50.3 Å². The van der Waals surface area contributed by atoms with Gasteiger partial charge in [-0.25, -0.2) is 0 Å². The lowest BCUT2D eigenvalue weighted by Crippen LogP contribution is -2.38. The van der Waals surface area contributed by atoms with Gasteiger partial charge in [0.25, 0.3) is 5.56 Å². The van der Waals surface area contributed by atoms with Crippen molar-refractivity contribution in [3.8, 4) is 11.3 Å². The lowest BCUT2D eigenvalue weighted by Gasteiger charge is -2.35.